The predicted molar refractivity (Wildman–Crippen MR) is 84.6 cm³/mol. The van der Waals surface area contributed by atoms with Crippen LogP contribution in [0.2, 0.25) is 0 Å². The van der Waals surface area contributed by atoms with Crippen LogP contribution < -0.4 is 5.32 Å². The molecule has 0 aliphatic heterocycles. The van der Waals surface area contributed by atoms with Gasteiger partial charge in [0.15, 0.2) is 5.13 Å². The Morgan fingerprint density at radius 2 is 1.85 bits per heavy atom. The molecule has 4 nitrogen and oxygen atoms in total. The fourth-order valence-electron chi connectivity index (χ4n) is 1.71. The van der Waals surface area contributed by atoms with E-state index in [1.54, 1.807) is 35.5 Å². The molecule has 0 amide bonds. The minimum Gasteiger partial charge on any atom is -0.316 e. The van der Waals surface area contributed by atoms with Crippen LogP contribution in [0.4, 0.5) is 10.9 Å². The molecule has 3 heterocycles. The van der Waals surface area contributed by atoms with Crippen molar-refractivity contribution in [3.8, 4) is 11.4 Å². The van der Waals surface area contributed by atoms with Crippen molar-refractivity contribution in [2.24, 2.45) is 0 Å². The van der Waals surface area contributed by atoms with Gasteiger partial charge in [-0.1, -0.05) is 23.5 Å². The second kappa shape index (κ2) is 6.02. The van der Waals surface area contributed by atoms with E-state index >= 15 is 0 Å². The number of thiazole rings is 1. The second-order valence-electron chi connectivity index (χ2n) is 3.91. The Hall–Kier alpha value is -1.92. The van der Waals surface area contributed by atoms with Crippen molar-refractivity contribution in [1.29, 1.82) is 0 Å². The SMILES string of the molecule is CSc1sc(Nc2ccccn2)nc1-c1ccccn1. The number of hydrogen-bond acceptors (Lipinski definition) is 6. The first kappa shape index (κ1) is 13.1. The molecule has 0 atom stereocenters. The zero-order valence-corrected chi connectivity index (χ0v) is 12.4. The molecule has 0 aliphatic rings. The summed E-state index contributed by atoms with van der Waals surface area (Å²) >= 11 is 3.29. The lowest BCUT2D eigenvalue weighted by molar-refractivity contribution is 1.24. The van der Waals surface area contributed by atoms with Crippen molar-refractivity contribution in [2.75, 3.05) is 11.6 Å². The van der Waals surface area contributed by atoms with E-state index in [1.807, 2.05) is 42.7 Å². The first-order chi connectivity index (χ1) is 9.86. The smallest absolute Gasteiger partial charge is 0.190 e. The molecule has 3 aromatic rings. The maximum Gasteiger partial charge on any atom is 0.190 e. The summed E-state index contributed by atoms with van der Waals surface area (Å²) in [7, 11) is 0. The molecule has 0 aliphatic carbocycles. The number of anilines is 2. The van der Waals surface area contributed by atoms with Crippen molar-refractivity contribution in [2.45, 2.75) is 4.21 Å². The van der Waals surface area contributed by atoms with E-state index in [4.69, 9.17) is 0 Å². The average Bonchev–Trinajstić information content (AvgIpc) is 2.92. The van der Waals surface area contributed by atoms with Crippen LogP contribution in [0.5, 0.6) is 0 Å². The van der Waals surface area contributed by atoms with Crippen molar-refractivity contribution in [1.82, 2.24) is 15.0 Å². The van der Waals surface area contributed by atoms with E-state index in [-0.39, 0.29) is 0 Å². The molecule has 0 aromatic carbocycles. The molecule has 3 rings (SSSR count). The van der Waals surface area contributed by atoms with E-state index in [0.717, 1.165) is 26.5 Å². The van der Waals surface area contributed by atoms with E-state index in [2.05, 4.69) is 20.3 Å². The third kappa shape index (κ3) is 2.81. The van der Waals surface area contributed by atoms with Crippen LogP contribution in [-0.4, -0.2) is 21.2 Å². The van der Waals surface area contributed by atoms with Gasteiger partial charge in [0.05, 0.1) is 9.90 Å². The Morgan fingerprint density at radius 1 is 1.05 bits per heavy atom. The minimum absolute atomic E-state index is 0.793. The first-order valence-electron chi connectivity index (χ1n) is 6.01. The molecule has 0 bridgehead atoms. The highest BCUT2D eigenvalue weighted by Crippen LogP contribution is 2.37. The Morgan fingerprint density at radius 3 is 2.50 bits per heavy atom. The Bertz CT molecular complexity index is 683. The van der Waals surface area contributed by atoms with Crippen molar-refractivity contribution in [3.05, 3.63) is 48.8 Å². The van der Waals surface area contributed by atoms with Crippen molar-refractivity contribution in [3.63, 3.8) is 0 Å². The molecule has 0 radical (unpaired) electrons. The van der Waals surface area contributed by atoms with E-state index in [0.29, 0.717) is 0 Å². The zero-order valence-electron chi connectivity index (χ0n) is 10.8. The molecule has 1 N–H and O–H groups in total. The van der Waals surface area contributed by atoms with Crippen molar-refractivity contribution < 1.29 is 0 Å². The maximum atomic E-state index is 4.63. The Balaban J connectivity index is 1.93. The molecule has 20 heavy (non-hydrogen) atoms. The van der Waals surface area contributed by atoms with E-state index < -0.39 is 0 Å². The molecule has 0 saturated heterocycles. The summed E-state index contributed by atoms with van der Waals surface area (Å²) in [5, 5.41) is 4.05. The Kier molecular flexibility index (Phi) is 3.94. The molecular weight excluding hydrogens is 288 g/mol. The molecular formula is C14H12N4S2. The normalized spacial score (nSPS) is 10.4. The summed E-state index contributed by atoms with van der Waals surface area (Å²) in [6.07, 6.45) is 5.58. The lowest BCUT2D eigenvalue weighted by Gasteiger charge is -1.99. The van der Waals surface area contributed by atoms with Gasteiger partial charge < -0.3 is 5.32 Å². The topological polar surface area (TPSA) is 50.7 Å². The second-order valence-corrected chi connectivity index (χ2v) is 5.99. The number of pyridine rings is 2. The molecule has 0 fully saturated rings. The lowest BCUT2D eigenvalue weighted by Crippen LogP contribution is -1.92. The standard InChI is InChI=1S/C14H12N4S2/c1-19-13-12(10-6-2-4-8-15-10)18-14(20-13)17-11-7-3-5-9-16-11/h2-9H,1H3,(H,16,17,18). The molecule has 0 spiro atoms. The number of aromatic nitrogens is 3. The molecule has 6 heteroatoms. The van der Waals surface area contributed by atoms with Crippen LogP contribution >= 0.6 is 23.1 Å². The number of hydrogen-bond donors (Lipinski definition) is 1. The number of thioether (sulfide) groups is 1. The van der Waals surface area contributed by atoms with Crippen LogP contribution in [-0.2, 0) is 0 Å². The van der Waals surface area contributed by atoms with Crippen LogP contribution in [0.1, 0.15) is 0 Å². The number of rotatable bonds is 4. The third-order valence-electron chi connectivity index (χ3n) is 2.59. The summed E-state index contributed by atoms with van der Waals surface area (Å²) in [5.41, 5.74) is 1.81. The van der Waals surface area contributed by atoms with Gasteiger partial charge in [0, 0.05) is 12.4 Å². The summed E-state index contributed by atoms with van der Waals surface area (Å²) in [6.45, 7) is 0. The largest absolute Gasteiger partial charge is 0.316 e. The van der Waals surface area contributed by atoms with Crippen LogP contribution in [0.15, 0.2) is 53.0 Å². The molecule has 0 saturated carbocycles. The minimum atomic E-state index is 0.793. The molecule has 0 unspecified atom stereocenters. The highest BCUT2D eigenvalue weighted by Gasteiger charge is 2.13. The summed E-state index contributed by atoms with van der Waals surface area (Å²) in [5.74, 6) is 0.793. The van der Waals surface area contributed by atoms with E-state index in [1.165, 1.54) is 0 Å². The van der Waals surface area contributed by atoms with Gasteiger partial charge in [-0.3, -0.25) is 4.98 Å². The number of nitrogens with one attached hydrogen (secondary N) is 1. The van der Waals surface area contributed by atoms with Gasteiger partial charge in [0.1, 0.15) is 11.5 Å². The van der Waals surface area contributed by atoms with Crippen LogP contribution in [0, 0.1) is 0 Å². The van der Waals surface area contributed by atoms with Gasteiger partial charge in [0.2, 0.25) is 0 Å². The highest BCUT2D eigenvalue weighted by atomic mass is 32.2. The summed E-state index contributed by atoms with van der Waals surface area (Å²) < 4.78 is 1.14. The van der Waals surface area contributed by atoms with Gasteiger partial charge >= 0.3 is 0 Å². The summed E-state index contributed by atoms with van der Waals surface area (Å²) in [4.78, 5) is 13.2. The zero-order chi connectivity index (χ0) is 13.8. The molecule has 100 valence electrons. The van der Waals surface area contributed by atoms with Gasteiger partial charge in [-0.05, 0) is 30.5 Å². The third-order valence-corrected chi connectivity index (χ3v) is 4.67. The van der Waals surface area contributed by atoms with E-state index in [9.17, 15) is 0 Å². The monoisotopic (exact) mass is 300 g/mol. The average molecular weight is 300 g/mol. The van der Waals surface area contributed by atoms with Gasteiger partial charge in [0.25, 0.3) is 0 Å². The lowest BCUT2D eigenvalue weighted by atomic mass is 10.3. The van der Waals surface area contributed by atoms with Crippen molar-refractivity contribution >= 4 is 34.0 Å². The van der Waals surface area contributed by atoms with Crippen LogP contribution in [0.25, 0.3) is 11.4 Å². The van der Waals surface area contributed by atoms with Gasteiger partial charge in [-0.15, -0.1) is 11.8 Å². The number of nitrogens with zero attached hydrogens (tertiary/aromatic N) is 3. The maximum absolute atomic E-state index is 4.63. The predicted octanol–water partition coefficient (Wildman–Crippen LogP) is 4.07. The highest BCUT2D eigenvalue weighted by molar-refractivity contribution is 8.00. The van der Waals surface area contributed by atoms with Gasteiger partial charge in [-0.25, -0.2) is 9.97 Å². The Labute approximate surface area is 125 Å². The summed E-state index contributed by atoms with van der Waals surface area (Å²) in [6, 6.07) is 11.6. The first-order valence-corrected chi connectivity index (χ1v) is 8.05. The fraction of sp³-hybridized carbons (Fsp3) is 0.0714. The quantitative estimate of drug-likeness (QED) is 0.736. The molecule has 3 aromatic heterocycles. The fourth-order valence-corrected chi connectivity index (χ4v) is 3.34. The van der Waals surface area contributed by atoms with Crippen LogP contribution in [0.3, 0.4) is 0 Å². The van der Waals surface area contributed by atoms with Gasteiger partial charge in [-0.2, -0.15) is 0 Å².